The van der Waals surface area contributed by atoms with E-state index in [-0.39, 0.29) is 23.6 Å². The summed E-state index contributed by atoms with van der Waals surface area (Å²) in [6, 6.07) is 16.1. The van der Waals surface area contributed by atoms with Gasteiger partial charge < -0.3 is 14.5 Å². The van der Waals surface area contributed by atoms with Crippen LogP contribution in [-0.4, -0.2) is 51.6 Å². The summed E-state index contributed by atoms with van der Waals surface area (Å²) in [7, 11) is -3.51. The van der Waals surface area contributed by atoms with Crippen molar-refractivity contribution in [2.24, 2.45) is 0 Å². The molecule has 170 valence electrons. The molecule has 2 aromatic carbocycles. The Morgan fingerprint density at radius 3 is 2.50 bits per heavy atom. The van der Waals surface area contributed by atoms with Gasteiger partial charge in [0.1, 0.15) is 12.6 Å². The number of carbonyl (C=O) groups excluding carboxylic acids is 1. The lowest BCUT2D eigenvalue weighted by molar-refractivity contribution is 0.0916. The van der Waals surface area contributed by atoms with E-state index in [4.69, 9.17) is 4.74 Å². The number of hydrogen-bond donors (Lipinski definition) is 1. The molecule has 1 heterocycles. The Labute approximate surface area is 190 Å². The van der Waals surface area contributed by atoms with Crippen molar-refractivity contribution in [3.8, 4) is 11.8 Å². The normalized spacial score (nSPS) is 16.2. The predicted octanol–water partition coefficient (Wildman–Crippen LogP) is 3.23. The maximum Gasteiger partial charge on any atom is 0.410 e. The van der Waals surface area contributed by atoms with Crippen LogP contribution in [0.25, 0.3) is 0 Å². The molecule has 1 aliphatic rings. The summed E-state index contributed by atoms with van der Waals surface area (Å²) in [6.07, 6.45) is 0.368. The molecule has 1 N–H and O–H groups in total. The average molecular weight is 456 g/mol. The smallest absolute Gasteiger partial charge is 0.410 e. The topological polar surface area (TPSA) is 79.0 Å². The van der Waals surface area contributed by atoms with Gasteiger partial charge in [-0.2, -0.15) is 0 Å². The summed E-state index contributed by atoms with van der Waals surface area (Å²) in [4.78, 5) is 16.6. The van der Waals surface area contributed by atoms with E-state index < -0.39 is 10.0 Å². The van der Waals surface area contributed by atoms with E-state index in [1.54, 1.807) is 36.1 Å². The van der Waals surface area contributed by atoms with Crippen molar-refractivity contribution in [3.05, 3.63) is 60.2 Å². The molecule has 0 aliphatic carbocycles. The Bertz CT molecular complexity index is 1060. The van der Waals surface area contributed by atoms with Crippen molar-refractivity contribution in [3.63, 3.8) is 0 Å². The molecule has 2 aromatic rings. The van der Waals surface area contributed by atoms with Crippen LogP contribution in [0, 0.1) is 11.8 Å². The third kappa shape index (κ3) is 6.02. The SMILES string of the molecule is CC#CC1CN(C(=O)OCc2ccccc2)CCN1c1ccc(S(=O)(=O)NCCC)cc1. The van der Waals surface area contributed by atoms with Crippen LogP contribution in [0.4, 0.5) is 10.5 Å². The maximum absolute atomic E-state index is 12.6. The summed E-state index contributed by atoms with van der Waals surface area (Å²) in [5.74, 6) is 6.10. The second kappa shape index (κ2) is 11.0. The Kier molecular flexibility index (Phi) is 8.14. The number of rotatable bonds is 7. The molecule has 1 saturated heterocycles. The number of carbonyl (C=O) groups is 1. The third-order valence-electron chi connectivity index (χ3n) is 5.18. The van der Waals surface area contributed by atoms with Gasteiger partial charge >= 0.3 is 6.09 Å². The van der Waals surface area contributed by atoms with E-state index in [9.17, 15) is 13.2 Å². The largest absolute Gasteiger partial charge is 0.445 e. The Balaban J connectivity index is 1.66. The summed E-state index contributed by atoms with van der Waals surface area (Å²) < 4.78 is 32.7. The van der Waals surface area contributed by atoms with Crippen LogP contribution in [0.1, 0.15) is 25.8 Å². The number of benzene rings is 2. The number of nitrogens with one attached hydrogen (secondary N) is 1. The van der Waals surface area contributed by atoms with Crippen LogP contribution < -0.4 is 9.62 Å². The molecule has 1 fully saturated rings. The molecule has 3 rings (SSSR count). The molecule has 0 spiro atoms. The standard InChI is InChI=1S/C24H29N3O4S/c1-3-8-22-18-26(24(28)31-19-20-9-6-5-7-10-20)16-17-27(22)21-11-13-23(14-12-21)32(29,30)25-15-4-2/h5-7,9-14,22,25H,4,15-19H2,1-2H3. The van der Waals surface area contributed by atoms with Gasteiger partial charge in [0.25, 0.3) is 0 Å². The summed E-state index contributed by atoms with van der Waals surface area (Å²) in [5, 5.41) is 0. The highest BCUT2D eigenvalue weighted by molar-refractivity contribution is 7.89. The van der Waals surface area contributed by atoms with Gasteiger partial charge in [-0.1, -0.05) is 43.2 Å². The van der Waals surface area contributed by atoms with Crippen molar-refractivity contribution >= 4 is 21.8 Å². The second-order valence-corrected chi connectivity index (χ2v) is 9.25. The van der Waals surface area contributed by atoms with E-state index >= 15 is 0 Å². The van der Waals surface area contributed by atoms with Crippen LogP contribution in [0.15, 0.2) is 59.5 Å². The first-order valence-electron chi connectivity index (χ1n) is 10.7. The minimum absolute atomic E-state index is 0.210. The molecule has 1 atom stereocenters. The molecule has 0 bridgehead atoms. The van der Waals surface area contributed by atoms with E-state index in [0.717, 1.165) is 17.7 Å². The number of sulfonamides is 1. The first kappa shape index (κ1) is 23.6. The van der Waals surface area contributed by atoms with E-state index in [0.29, 0.717) is 26.2 Å². The van der Waals surface area contributed by atoms with Gasteiger partial charge in [0, 0.05) is 25.3 Å². The summed E-state index contributed by atoms with van der Waals surface area (Å²) >= 11 is 0. The molecular formula is C24H29N3O4S. The minimum atomic E-state index is -3.51. The van der Waals surface area contributed by atoms with Gasteiger partial charge in [-0.15, -0.1) is 5.92 Å². The molecule has 1 amide bonds. The molecule has 0 aromatic heterocycles. The van der Waals surface area contributed by atoms with Crippen LogP contribution in [0.5, 0.6) is 0 Å². The maximum atomic E-state index is 12.6. The first-order valence-corrected chi connectivity index (χ1v) is 12.2. The zero-order valence-electron chi connectivity index (χ0n) is 18.5. The second-order valence-electron chi connectivity index (χ2n) is 7.48. The van der Waals surface area contributed by atoms with Crippen LogP contribution in [-0.2, 0) is 21.4 Å². The van der Waals surface area contributed by atoms with Crippen molar-refractivity contribution < 1.29 is 17.9 Å². The lowest BCUT2D eigenvalue weighted by atomic mass is 10.1. The first-order chi connectivity index (χ1) is 15.4. The zero-order valence-corrected chi connectivity index (χ0v) is 19.3. The number of anilines is 1. The van der Waals surface area contributed by atoms with Crippen LogP contribution in [0.3, 0.4) is 0 Å². The van der Waals surface area contributed by atoms with Gasteiger partial charge in [0.05, 0.1) is 11.4 Å². The van der Waals surface area contributed by atoms with E-state index in [2.05, 4.69) is 21.5 Å². The highest BCUT2D eigenvalue weighted by atomic mass is 32.2. The monoisotopic (exact) mass is 455 g/mol. The zero-order chi connectivity index (χ0) is 23.0. The van der Waals surface area contributed by atoms with Crippen molar-refractivity contribution in [1.29, 1.82) is 0 Å². The van der Waals surface area contributed by atoms with Gasteiger partial charge in [-0.25, -0.2) is 17.9 Å². The van der Waals surface area contributed by atoms with Gasteiger partial charge in [-0.3, -0.25) is 0 Å². The van der Waals surface area contributed by atoms with Crippen molar-refractivity contribution in [2.45, 2.75) is 37.8 Å². The number of nitrogens with zero attached hydrogens (tertiary/aromatic N) is 2. The van der Waals surface area contributed by atoms with Crippen molar-refractivity contribution in [1.82, 2.24) is 9.62 Å². The third-order valence-corrected chi connectivity index (χ3v) is 6.65. The number of piperazine rings is 1. The number of ether oxygens (including phenoxy) is 1. The number of hydrogen-bond acceptors (Lipinski definition) is 5. The summed E-state index contributed by atoms with van der Waals surface area (Å²) in [6.45, 7) is 5.78. The Morgan fingerprint density at radius 2 is 1.84 bits per heavy atom. The molecule has 7 nitrogen and oxygen atoms in total. The lowest BCUT2D eigenvalue weighted by Gasteiger charge is -2.40. The van der Waals surface area contributed by atoms with Gasteiger partial charge in [0.2, 0.25) is 10.0 Å². The highest BCUT2D eigenvalue weighted by Gasteiger charge is 2.29. The van der Waals surface area contributed by atoms with Gasteiger partial charge in [0.15, 0.2) is 0 Å². The fourth-order valence-corrected chi connectivity index (χ4v) is 4.63. The highest BCUT2D eigenvalue weighted by Crippen LogP contribution is 2.23. The minimum Gasteiger partial charge on any atom is -0.445 e. The molecular weight excluding hydrogens is 426 g/mol. The Morgan fingerprint density at radius 1 is 1.12 bits per heavy atom. The molecule has 8 heteroatoms. The summed E-state index contributed by atoms with van der Waals surface area (Å²) in [5.41, 5.74) is 1.80. The van der Waals surface area contributed by atoms with Crippen LogP contribution >= 0.6 is 0 Å². The molecule has 1 aliphatic heterocycles. The molecule has 32 heavy (non-hydrogen) atoms. The predicted molar refractivity (Wildman–Crippen MR) is 125 cm³/mol. The van der Waals surface area contributed by atoms with E-state index in [1.807, 2.05) is 37.3 Å². The van der Waals surface area contributed by atoms with Gasteiger partial charge in [-0.05, 0) is 43.2 Å². The Hall–Kier alpha value is -3.02. The van der Waals surface area contributed by atoms with Crippen LogP contribution in [0.2, 0.25) is 0 Å². The number of amides is 1. The molecule has 0 saturated carbocycles. The molecule has 1 unspecified atom stereocenters. The average Bonchev–Trinajstić information content (AvgIpc) is 2.82. The quantitative estimate of drug-likeness (QED) is 0.649. The van der Waals surface area contributed by atoms with E-state index in [1.165, 1.54) is 0 Å². The lowest BCUT2D eigenvalue weighted by Crippen LogP contribution is -2.54. The molecule has 0 radical (unpaired) electrons. The van der Waals surface area contributed by atoms with Crippen molar-refractivity contribution in [2.75, 3.05) is 31.1 Å². The fraction of sp³-hybridized carbons (Fsp3) is 0.375. The fourth-order valence-electron chi connectivity index (χ4n) is 3.50.